The van der Waals surface area contributed by atoms with Gasteiger partial charge in [-0.25, -0.2) is 4.79 Å². The summed E-state index contributed by atoms with van der Waals surface area (Å²) in [6.45, 7) is 1.62. The summed E-state index contributed by atoms with van der Waals surface area (Å²) in [4.78, 5) is 12.0. The zero-order chi connectivity index (χ0) is 17.3. The van der Waals surface area contributed by atoms with E-state index in [2.05, 4.69) is 15.4 Å². The fourth-order valence-electron chi connectivity index (χ4n) is 2.37. The Bertz CT molecular complexity index is 494. The van der Waals surface area contributed by atoms with Crippen LogP contribution in [0.25, 0.3) is 0 Å². The number of alkyl halides is 2. The molecule has 0 aliphatic rings. The second-order valence-corrected chi connectivity index (χ2v) is 5.39. The summed E-state index contributed by atoms with van der Waals surface area (Å²) >= 11 is 0. The van der Waals surface area contributed by atoms with Crippen molar-refractivity contribution in [1.82, 2.24) is 5.32 Å². The van der Waals surface area contributed by atoms with Crippen LogP contribution >= 0.6 is 0 Å². The lowest BCUT2D eigenvalue weighted by Gasteiger charge is -2.31. The number of nitrogens with one attached hydrogen (secondary N) is 2. The van der Waals surface area contributed by atoms with Gasteiger partial charge in [0, 0.05) is 24.9 Å². The number of hydrogen-bond acceptors (Lipinski definition) is 3. The average Bonchev–Trinajstić information content (AvgIpc) is 2.51. The second-order valence-electron chi connectivity index (χ2n) is 5.39. The lowest BCUT2D eigenvalue weighted by molar-refractivity contribution is -0.0497. The van der Waals surface area contributed by atoms with Gasteiger partial charge in [-0.1, -0.05) is 19.9 Å². The molecule has 0 bridgehead atoms. The van der Waals surface area contributed by atoms with Crippen molar-refractivity contribution in [3.63, 3.8) is 0 Å². The maximum absolute atomic E-state index is 12.2. The van der Waals surface area contributed by atoms with Gasteiger partial charge in [-0.2, -0.15) is 8.78 Å². The van der Waals surface area contributed by atoms with Gasteiger partial charge < -0.3 is 20.5 Å². The lowest BCUT2D eigenvalue weighted by Crippen LogP contribution is -2.39. The third-order valence-corrected chi connectivity index (χ3v) is 4.08. The summed E-state index contributed by atoms with van der Waals surface area (Å²) in [6, 6.07) is 5.38. The fraction of sp³-hybridized carbons (Fsp3) is 0.562. The number of rotatable bonds is 9. The first-order valence-electron chi connectivity index (χ1n) is 7.65. The molecule has 0 saturated carbocycles. The Balaban J connectivity index is 2.59. The van der Waals surface area contributed by atoms with E-state index < -0.39 is 12.6 Å². The highest BCUT2D eigenvalue weighted by molar-refractivity contribution is 5.89. The average molecular weight is 330 g/mol. The van der Waals surface area contributed by atoms with Crippen molar-refractivity contribution in [2.24, 2.45) is 5.41 Å². The van der Waals surface area contributed by atoms with Gasteiger partial charge in [0.25, 0.3) is 0 Å². The molecule has 0 fully saturated rings. The number of ether oxygens (including phenoxy) is 1. The van der Waals surface area contributed by atoms with E-state index in [-0.39, 0.29) is 17.8 Å². The SMILES string of the molecule is CCC(CC)(CCO)CNC(=O)Nc1cccc(OC(F)F)c1. The van der Waals surface area contributed by atoms with Crippen molar-refractivity contribution < 1.29 is 23.4 Å². The van der Waals surface area contributed by atoms with Crippen molar-refractivity contribution in [3.8, 4) is 5.75 Å². The largest absolute Gasteiger partial charge is 0.435 e. The fourth-order valence-corrected chi connectivity index (χ4v) is 2.37. The Kier molecular flexibility index (Phi) is 7.74. The van der Waals surface area contributed by atoms with E-state index in [1.807, 2.05) is 13.8 Å². The molecule has 1 aromatic carbocycles. The molecule has 0 saturated heterocycles. The molecule has 1 rings (SSSR count). The number of amides is 2. The van der Waals surface area contributed by atoms with Crippen LogP contribution in [0.1, 0.15) is 33.1 Å². The molecule has 3 N–H and O–H groups in total. The number of urea groups is 1. The number of anilines is 1. The first-order valence-corrected chi connectivity index (χ1v) is 7.65. The standard InChI is InChI=1S/C16H24F2N2O3/c1-3-16(4-2,8-9-21)11-19-15(22)20-12-6-5-7-13(10-12)23-14(17)18/h5-7,10,14,21H,3-4,8-9,11H2,1-2H3,(H2,19,20,22). The van der Waals surface area contributed by atoms with E-state index in [4.69, 9.17) is 5.11 Å². The van der Waals surface area contributed by atoms with Crippen LogP contribution < -0.4 is 15.4 Å². The highest BCUT2D eigenvalue weighted by atomic mass is 19.3. The minimum absolute atomic E-state index is 0.0189. The third-order valence-electron chi connectivity index (χ3n) is 4.08. The first kappa shape index (κ1) is 19.2. The van der Waals surface area contributed by atoms with Crippen LogP contribution in [0.15, 0.2) is 24.3 Å². The van der Waals surface area contributed by atoms with E-state index in [0.29, 0.717) is 18.7 Å². The lowest BCUT2D eigenvalue weighted by atomic mass is 9.79. The normalized spacial score (nSPS) is 11.4. The van der Waals surface area contributed by atoms with Crippen LogP contribution in [0, 0.1) is 5.41 Å². The molecule has 0 spiro atoms. The summed E-state index contributed by atoms with van der Waals surface area (Å²) in [5.74, 6) is -0.0189. The number of carbonyl (C=O) groups is 1. The van der Waals surface area contributed by atoms with Gasteiger partial charge in [-0.15, -0.1) is 0 Å². The van der Waals surface area contributed by atoms with Crippen LogP contribution in [0.5, 0.6) is 5.75 Å². The number of benzene rings is 1. The zero-order valence-corrected chi connectivity index (χ0v) is 13.4. The van der Waals surface area contributed by atoms with Gasteiger partial charge in [-0.3, -0.25) is 0 Å². The summed E-state index contributed by atoms with van der Waals surface area (Å²) in [7, 11) is 0. The van der Waals surface area contributed by atoms with Crippen LogP contribution in [0.4, 0.5) is 19.3 Å². The highest BCUT2D eigenvalue weighted by Crippen LogP contribution is 2.29. The summed E-state index contributed by atoms with van der Waals surface area (Å²) in [5, 5.41) is 14.5. The summed E-state index contributed by atoms with van der Waals surface area (Å²) < 4.78 is 28.6. The Morgan fingerprint density at radius 2 is 2.04 bits per heavy atom. The minimum atomic E-state index is -2.91. The molecule has 130 valence electrons. The zero-order valence-electron chi connectivity index (χ0n) is 13.4. The molecule has 1 aromatic rings. The van der Waals surface area contributed by atoms with Crippen LogP contribution in [-0.2, 0) is 0 Å². The van der Waals surface area contributed by atoms with E-state index in [1.165, 1.54) is 18.2 Å². The van der Waals surface area contributed by atoms with E-state index >= 15 is 0 Å². The van der Waals surface area contributed by atoms with Gasteiger partial charge >= 0.3 is 12.6 Å². The van der Waals surface area contributed by atoms with Crippen molar-refractivity contribution in [2.45, 2.75) is 39.7 Å². The molecule has 7 heteroatoms. The molecule has 23 heavy (non-hydrogen) atoms. The third kappa shape index (κ3) is 6.40. The molecule has 0 atom stereocenters. The quantitative estimate of drug-likeness (QED) is 0.648. The molecule has 0 heterocycles. The number of halogens is 2. The molecule has 5 nitrogen and oxygen atoms in total. The van der Waals surface area contributed by atoms with Crippen molar-refractivity contribution in [3.05, 3.63) is 24.3 Å². The molecule has 0 unspecified atom stereocenters. The predicted octanol–water partition coefficient (Wildman–Crippen LogP) is 3.60. The Morgan fingerprint density at radius 1 is 1.35 bits per heavy atom. The van der Waals surface area contributed by atoms with Gasteiger partial charge in [-0.05, 0) is 36.8 Å². The molecule has 2 amide bonds. The minimum Gasteiger partial charge on any atom is -0.435 e. The highest BCUT2D eigenvalue weighted by Gasteiger charge is 2.26. The van der Waals surface area contributed by atoms with Crippen molar-refractivity contribution >= 4 is 11.7 Å². The summed E-state index contributed by atoms with van der Waals surface area (Å²) in [6.07, 6.45) is 2.28. The topological polar surface area (TPSA) is 70.6 Å². The predicted molar refractivity (Wildman–Crippen MR) is 84.8 cm³/mol. The van der Waals surface area contributed by atoms with Gasteiger partial charge in [0.05, 0.1) is 0 Å². The summed E-state index contributed by atoms with van der Waals surface area (Å²) in [5.41, 5.74) is 0.216. The Morgan fingerprint density at radius 3 is 2.61 bits per heavy atom. The number of aliphatic hydroxyl groups is 1. The van der Waals surface area contributed by atoms with E-state index in [9.17, 15) is 13.6 Å². The smallest absolute Gasteiger partial charge is 0.387 e. The molecule has 0 aliphatic carbocycles. The molecule has 0 radical (unpaired) electrons. The maximum Gasteiger partial charge on any atom is 0.387 e. The van der Waals surface area contributed by atoms with Gasteiger partial charge in [0.15, 0.2) is 0 Å². The monoisotopic (exact) mass is 330 g/mol. The Labute approximate surface area is 135 Å². The maximum atomic E-state index is 12.2. The number of carbonyl (C=O) groups excluding carboxylic acids is 1. The molecular formula is C16H24F2N2O3. The molecular weight excluding hydrogens is 306 g/mol. The second kappa shape index (κ2) is 9.29. The molecule has 0 aliphatic heterocycles. The first-order chi connectivity index (χ1) is 10.9. The van der Waals surface area contributed by atoms with Gasteiger partial charge in [0.2, 0.25) is 0 Å². The Hall–Kier alpha value is -1.89. The molecule has 0 aromatic heterocycles. The van der Waals surface area contributed by atoms with E-state index in [1.54, 1.807) is 6.07 Å². The number of hydrogen-bond donors (Lipinski definition) is 3. The van der Waals surface area contributed by atoms with Crippen LogP contribution in [0.3, 0.4) is 0 Å². The number of aliphatic hydroxyl groups excluding tert-OH is 1. The van der Waals surface area contributed by atoms with Crippen LogP contribution in [0.2, 0.25) is 0 Å². The van der Waals surface area contributed by atoms with Crippen LogP contribution in [-0.4, -0.2) is 30.9 Å². The van der Waals surface area contributed by atoms with E-state index in [0.717, 1.165) is 12.8 Å². The van der Waals surface area contributed by atoms with Crippen molar-refractivity contribution in [1.29, 1.82) is 0 Å². The van der Waals surface area contributed by atoms with Crippen molar-refractivity contribution in [2.75, 3.05) is 18.5 Å². The van der Waals surface area contributed by atoms with Gasteiger partial charge in [0.1, 0.15) is 5.75 Å².